The normalized spacial score (nSPS) is 17.8. The zero-order chi connectivity index (χ0) is 12.3. The second-order valence-corrected chi connectivity index (χ2v) is 4.52. The first kappa shape index (κ1) is 11.8. The molecule has 0 radical (unpaired) electrons. The number of carbonyl (C=O) groups is 1. The van der Waals surface area contributed by atoms with E-state index in [0.29, 0.717) is 5.76 Å². The summed E-state index contributed by atoms with van der Waals surface area (Å²) in [6.45, 7) is 4.29. The first-order valence-corrected chi connectivity index (χ1v) is 5.91. The van der Waals surface area contributed by atoms with Gasteiger partial charge in [-0.1, -0.05) is 6.92 Å². The molecule has 0 atom stereocenters. The Morgan fingerprint density at radius 3 is 2.82 bits per heavy atom. The van der Waals surface area contributed by atoms with Gasteiger partial charge in [-0.2, -0.15) is 0 Å². The second-order valence-electron chi connectivity index (χ2n) is 4.52. The number of hydrogen-bond donors (Lipinski definition) is 1. The Balaban J connectivity index is 2.00. The van der Waals surface area contributed by atoms with Crippen LogP contribution in [0.1, 0.15) is 25.5 Å². The van der Waals surface area contributed by atoms with Crippen LogP contribution >= 0.6 is 0 Å². The van der Waals surface area contributed by atoms with Crippen LogP contribution in [0.5, 0.6) is 0 Å². The van der Waals surface area contributed by atoms with Crippen molar-refractivity contribution in [2.24, 2.45) is 5.92 Å². The lowest BCUT2D eigenvalue weighted by Crippen LogP contribution is -2.32. The summed E-state index contributed by atoms with van der Waals surface area (Å²) in [5.41, 5.74) is 0. The number of nitrogens with zero attached hydrogens (tertiary/aromatic N) is 1. The van der Waals surface area contributed by atoms with E-state index in [0.717, 1.165) is 31.0 Å². The van der Waals surface area contributed by atoms with Gasteiger partial charge in [-0.3, -0.25) is 0 Å². The molecule has 0 saturated carbocycles. The van der Waals surface area contributed by atoms with Crippen LogP contribution in [0.2, 0.25) is 0 Å². The Hall–Kier alpha value is -1.71. The summed E-state index contributed by atoms with van der Waals surface area (Å²) in [6.07, 6.45) is 4.92. The van der Waals surface area contributed by atoms with Crippen LogP contribution in [0.3, 0.4) is 0 Å². The number of furan rings is 1. The molecule has 0 spiro atoms. The predicted molar refractivity (Wildman–Crippen MR) is 66.0 cm³/mol. The van der Waals surface area contributed by atoms with Gasteiger partial charge in [0.2, 0.25) is 0 Å². The van der Waals surface area contributed by atoms with E-state index < -0.39 is 5.97 Å². The monoisotopic (exact) mass is 235 g/mol. The van der Waals surface area contributed by atoms with E-state index in [9.17, 15) is 4.79 Å². The van der Waals surface area contributed by atoms with Crippen LogP contribution in [0.4, 0.5) is 5.88 Å². The van der Waals surface area contributed by atoms with Crippen molar-refractivity contribution >= 4 is 17.9 Å². The van der Waals surface area contributed by atoms with Gasteiger partial charge in [0.1, 0.15) is 5.76 Å². The summed E-state index contributed by atoms with van der Waals surface area (Å²) in [5, 5.41) is 8.52. The quantitative estimate of drug-likeness (QED) is 0.818. The maximum absolute atomic E-state index is 10.4. The first-order chi connectivity index (χ1) is 8.15. The molecule has 1 fully saturated rings. The Labute approximate surface area is 101 Å². The van der Waals surface area contributed by atoms with Gasteiger partial charge >= 0.3 is 5.97 Å². The zero-order valence-electron chi connectivity index (χ0n) is 9.93. The van der Waals surface area contributed by atoms with Crippen molar-refractivity contribution in [3.8, 4) is 0 Å². The highest BCUT2D eigenvalue weighted by molar-refractivity contribution is 5.84. The van der Waals surface area contributed by atoms with E-state index >= 15 is 0 Å². The van der Waals surface area contributed by atoms with Crippen LogP contribution < -0.4 is 4.90 Å². The van der Waals surface area contributed by atoms with Crippen molar-refractivity contribution in [1.82, 2.24) is 0 Å². The molecule has 92 valence electrons. The molecule has 2 rings (SSSR count). The summed E-state index contributed by atoms with van der Waals surface area (Å²) in [5.74, 6) is 1.24. The van der Waals surface area contributed by atoms with Crippen molar-refractivity contribution < 1.29 is 14.3 Å². The standard InChI is InChI=1S/C13H17NO3/c1-10-6-8-14(9-7-10)12-4-2-11(17-12)3-5-13(15)16/h2-5,10H,6-9H2,1H3,(H,15,16)/b5-3+. The summed E-state index contributed by atoms with van der Waals surface area (Å²) in [6, 6.07) is 3.70. The van der Waals surface area contributed by atoms with Crippen molar-refractivity contribution in [2.45, 2.75) is 19.8 Å². The molecule has 0 aromatic carbocycles. The highest BCUT2D eigenvalue weighted by Crippen LogP contribution is 2.25. The average Bonchev–Trinajstić information content (AvgIpc) is 2.76. The molecule has 1 aliphatic heterocycles. The average molecular weight is 235 g/mol. The predicted octanol–water partition coefficient (Wildman–Crippen LogP) is 2.61. The molecule has 17 heavy (non-hydrogen) atoms. The first-order valence-electron chi connectivity index (χ1n) is 5.91. The summed E-state index contributed by atoms with van der Waals surface area (Å²) < 4.78 is 5.58. The fourth-order valence-electron chi connectivity index (χ4n) is 1.98. The molecule has 0 aliphatic carbocycles. The number of carboxylic acids is 1. The number of hydrogen-bond acceptors (Lipinski definition) is 3. The smallest absolute Gasteiger partial charge is 0.328 e. The molecule has 4 heteroatoms. The molecular formula is C13H17NO3. The van der Waals surface area contributed by atoms with Crippen molar-refractivity contribution in [3.63, 3.8) is 0 Å². The van der Waals surface area contributed by atoms with E-state index in [2.05, 4.69) is 11.8 Å². The van der Waals surface area contributed by atoms with Gasteiger partial charge in [-0.05, 0) is 30.9 Å². The lowest BCUT2D eigenvalue weighted by molar-refractivity contribution is -0.131. The second kappa shape index (κ2) is 5.08. The van der Waals surface area contributed by atoms with Gasteiger partial charge in [0.15, 0.2) is 5.88 Å². The number of piperidine rings is 1. The minimum atomic E-state index is -0.963. The molecule has 1 saturated heterocycles. The third kappa shape index (κ3) is 3.12. The van der Waals surface area contributed by atoms with E-state index in [1.165, 1.54) is 18.9 Å². The van der Waals surface area contributed by atoms with Gasteiger partial charge in [-0.15, -0.1) is 0 Å². The number of carboxylic acid groups (broad SMARTS) is 1. The summed E-state index contributed by atoms with van der Waals surface area (Å²) in [4.78, 5) is 12.6. The molecule has 1 N–H and O–H groups in total. The maximum atomic E-state index is 10.4. The Morgan fingerprint density at radius 1 is 1.47 bits per heavy atom. The van der Waals surface area contributed by atoms with Crippen LogP contribution in [0.25, 0.3) is 6.08 Å². The number of anilines is 1. The molecule has 2 heterocycles. The van der Waals surface area contributed by atoms with E-state index in [-0.39, 0.29) is 0 Å². The molecule has 1 aliphatic rings. The molecule has 4 nitrogen and oxygen atoms in total. The third-order valence-corrected chi connectivity index (χ3v) is 3.10. The number of rotatable bonds is 3. The molecular weight excluding hydrogens is 218 g/mol. The molecule has 1 aromatic rings. The molecule has 1 aromatic heterocycles. The minimum absolute atomic E-state index is 0.584. The zero-order valence-corrected chi connectivity index (χ0v) is 9.93. The van der Waals surface area contributed by atoms with Crippen LogP contribution in [0.15, 0.2) is 22.6 Å². The summed E-state index contributed by atoms with van der Waals surface area (Å²) in [7, 11) is 0. The Bertz CT molecular complexity index is 414. The topological polar surface area (TPSA) is 53.7 Å². The minimum Gasteiger partial charge on any atom is -0.478 e. The van der Waals surface area contributed by atoms with Gasteiger partial charge in [0, 0.05) is 25.2 Å². The van der Waals surface area contributed by atoms with Gasteiger partial charge < -0.3 is 14.4 Å². The fraction of sp³-hybridized carbons (Fsp3) is 0.462. The van der Waals surface area contributed by atoms with Gasteiger partial charge in [0.05, 0.1) is 0 Å². The maximum Gasteiger partial charge on any atom is 0.328 e. The third-order valence-electron chi connectivity index (χ3n) is 3.10. The van der Waals surface area contributed by atoms with Gasteiger partial charge in [-0.25, -0.2) is 4.79 Å². The molecule has 0 unspecified atom stereocenters. The summed E-state index contributed by atoms with van der Waals surface area (Å²) >= 11 is 0. The highest BCUT2D eigenvalue weighted by Gasteiger charge is 2.17. The number of aliphatic carboxylic acids is 1. The van der Waals surface area contributed by atoms with Crippen LogP contribution in [-0.4, -0.2) is 24.2 Å². The Morgan fingerprint density at radius 2 is 2.18 bits per heavy atom. The van der Waals surface area contributed by atoms with Gasteiger partial charge in [0.25, 0.3) is 0 Å². The van der Waals surface area contributed by atoms with E-state index in [1.807, 2.05) is 6.07 Å². The van der Waals surface area contributed by atoms with E-state index in [4.69, 9.17) is 9.52 Å². The van der Waals surface area contributed by atoms with Crippen LogP contribution in [0, 0.1) is 5.92 Å². The van der Waals surface area contributed by atoms with E-state index in [1.54, 1.807) is 6.07 Å². The lowest BCUT2D eigenvalue weighted by Gasteiger charge is -2.29. The Kier molecular flexibility index (Phi) is 3.52. The lowest BCUT2D eigenvalue weighted by atomic mass is 9.99. The molecule has 0 amide bonds. The highest BCUT2D eigenvalue weighted by atomic mass is 16.4. The fourth-order valence-corrected chi connectivity index (χ4v) is 1.98. The largest absolute Gasteiger partial charge is 0.478 e. The molecule has 0 bridgehead atoms. The van der Waals surface area contributed by atoms with Crippen molar-refractivity contribution in [1.29, 1.82) is 0 Å². The van der Waals surface area contributed by atoms with Crippen molar-refractivity contribution in [2.75, 3.05) is 18.0 Å². The SMILES string of the molecule is CC1CCN(c2ccc(/C=C/C(=O)O)o2)CC1. The van der Waals surface area contributed by atoms with Crippen LogP contribution in [-0.2, 0) is 4.79 Å². The van der Waals surface area contributed by atoms with Crippen molar-refractivity contribution in [3.05, 3.63) is 24.0 Å².